The fraction of sp³-hybridized carbons (Fsp3) is 0.455. The van der Waals surface area contributed by atoms with Crippen LogP contribution in [-0.2, 0) is 4.74 Å². The van der Waals surface area contributed by atoms with Crippen LogP contribution in [0.3, 0.4) is 0 Å². The van der Waals surface area contributed by atoms with Crippen LogP contribution in [0.25, 0.3) is 0 Å². The molecule has 2 nitrogen and oxygen atoms in total. The maximum atomic E-state index is 13.0. The third-order valence-electron chi connectivity index (χ3n) is 1.99. The molecule has 0 bridgehead atoms. The normalized spacial score (nSPS) is 12.9. The van der Waals surface area contributed by atoms with Gasteiger partial charge in [-0.25, -0.2) is 4.39 Å². The maximum absolute atomic E-state index is 13.0. The highest BCUT2D eigenvalue weighted by atomic mass is 19.1. The molecule has 0 aliphatic rings. The minimum atomic E-state index is -0.246. The third-order valence-corrected chi connectivity index (χ3v) is 1.99. The highest BCUT2D eigenvalue weighted by Gasteiger charge is 2.07. The summed E-state index contributed by atoms with van der Waals surface area (Å²) in [6.45, 7) is 4.81. The summed E-state index contributed by atoms with van der Waals surface area (Å²) in [5.41, 5.74) is 7.50. The van der Waals surface area contributed by atoms with Crippen molar-refractivity contribution in [2.24, 2.45) is 5.73 Å². The van der Waals surface area contributed by atoms with E-state index >= 15 is 0 Å². The summed E-state index contributed by atoms with van der Waals surface area (Å²) in [6.07, 6.45) is 0. The molecule has 0 saturated carbocycles. The molecule has 0 spiro atoms. The molecule has 1 unspecified atom stereocenters. The lowest BCUT2D eigenvalue weighted by atomic mass is 10.1. The van der Waals surface area contributed by atoms with Crippen LogP contribution in [0, 0.1) is 12.7 Å². The molecule has 0 amide bonds. The predicted octanol–water partition coefficient (Wildman–Crippen LogP) is 2.17. The smallest absolute Gasteiger partial charge is 0.123 e. The van der Waals surface area contributed by atoms with Crippen molar-refractivity contribution in [3.63, 3.8) is 0 Å². The summed E-state index contributed by atoms with van der Waals surface area (Å²) >= 11 is 0. The predicted molar refractivity (Wildman–Crippen MR) is 54.6 cm³/mol. The summed E-state index contributed by atoms with van der Waals surface area (Å²) in [7, 11) is 0. The minimum Gasteiger partial charge on any atom is -0.380 e. The second-order valence-electron chi connectivity index (χ2n) is 3.33. The van der Waals surface area contributed by atoms with Crippen molar-refractivity contribution in [3.05, 3.63) is 35.1 Å². The molecule has 0 heterocycles. The van der Waals surface area contributed by atoms with Crippen molar-refractivity contribution in [3.8, 4) is 0 Å². The van der Waals surface area contributed by atoms with Crippen LogP contribution >= 0.6 is 0 Å². The Balaban J connectivity index is 2.73. The zero-order valence-electron chi connectivity index (χ0n) is 8.59. The van der Waals surface area contributed by atoms with Crippen molar-refractivity contribution in [1.29, 1.82) is 0 Å². The topological polar surface area (TPSA) is 35.2 Å². The fourth-order valence-electron chi connectivity index (χ4n) is 1.32. The van der Waals surface area contributed by atoms with Crippen LogP contribution in [0.4, 0.5) is 4.39 Å². The molecule has 3 heteroatoms. The zero-order chi connectivity index (χ0) is 10.6. The van der Waals surface area contributed by atoms with E-state index < -0.39 is 0 Å². The van der Waals surface area contributed by atoms with Gasteiger partial charge >= 0.3 is 0 Å². The number of nitrogens with two attached hydrogens (primary N) is 1. The molecule has 14 heavy (non-hydrogen) atoms. The second-order valence-corrected chi connectivity index (χ2v) is 3.33. The van der Waals surface area contributed by atoms with Crippen LogP contribution in [0.2, 0.25) is 0 Å². The van der Waals surface area contributed by atoms with E-state index in [1.54, 1.807) is 0 Å². The highest BCUT2D eigenvalue weighted by Crippen LogP contribution is 2.14. The van der Waals surface area contributed by atoms with Gasteiger partial charge in [0.05, 0.1) is 12.6 Å². The average Bonchev–Trinajstić information content (AvgIpc) is 2.12. The lowest BCUT2D eigenvalue weighted by Crippen LogP contribution is -2.17. The summed E-state index contributed by atoms with van der Waals surface area (Å²) in [4.78, 5) is 0. The molecule has 0 saturated heterocycles. The number of aryl methyl sites for hydroxylation is 1. The van der Waals surface area contributed by atoms with Crippen LogP contribution < -0.4 is 5.73 Å². The number of benzene rings is 1. The third kappa shape index (κ3) is 3.09. The SMILES string of the molecule is CCOCC(N)c1cc(C)cc(F)c1. The van der Waals surface area contributed by atoms with Gasteiger partial charge < -0.3 is 10.5 Å². The molecule has 0 aromatic heterocycles. The molecule has 78 valence electrons. The summed E-state index contributed by atoms with van der Waals surface area (Å²) in [5.74, 6) is -0.244. The quantitative estimate of drug-likeness (QED) is 0.802. The number of hydrogen-bond donors (Lipinski definition) is 1. The van der Waals surface area contributed by atoms with Gasteiger partial charge in [-0.1, -0.05) is 6.07 Å². The molecule has 1 atom stereocenters. The van der Waals surface area contributed by atoms with Gasteiger partial charge in [0.2, 0.25) is 0 Å². The fourth-order valence-corrected chi connectivity index (χ4v) is 1.32. The summed E-state index contributed by atoms with van der Waals surface area (Å²) in [5, 5.41) is 0. The second kappa shape index (κ2) is 5.08. The number of ether oxygens (including phenoxy) is 1. The van der Waals surface area contributed by atoms with Crippen molar-refractivity contribution >= 4 is 0 Å². The molecule has 1 aromatic rings. The van der Waals surface area contributed by atoms with E-state index in [2.05, 4.69) is 0 Å². The number of halogens is 1. The first-order valence-electron chi connectivity index (χ1n) is 4.74. The van der Waals surface area contributed by atoms with Crippen molar-refractivity contribution in [2.45, 2.75) is 19.9 Å². The van der Waals surface area contributed by atoms with Crippen LogP contribution in [0.5, 0.6) is 0 Å². The molecule has 0 aliphatic heterocycles. The van der Waals surface area contributed by atoms with E-state index in [1.165, 1.54) is 12.1 Å². The highest BCUT2D eigenvalue weighted by molar-refractivity contribution is 5.26. The molecular formula is C11H16FNO. The number of rotatable bonds is 4. The van der Waals surface area contributed by atoms with Crippen LogP contribution in [0.1, 0.15) is 24.1 Å². The molecule has 0 radical (unpaired) electrons. The van der Waals surface area contributed by atoms with Gasteiger partial charge in [0, 0.05) is 6.61 Å². The van der Waals surface area contributed by atoms with Gasteiger partial charge in [-0.05, 0) is 37.1 Å². The van der Waals surface area contributed by atoms with E-state index in [0.717, 1.165) is 11.1 Å². The Labute approximate surface area is 83.9 Å². The maximum Gasteiger partial charge on any atom is 0.123 e. The first-order chi connectivity index (χ1) is 6.63. The van der Waals surface area contributed by atoms with Crippen molar-refractivity contribution < 1.29 is 9.13 Å². The molecule has 0 fully saturated rings. The standard InChI is InChI=1S/C11H16FNO/c1-3-14-7-11(13)9-4-8(2)5-10(12)6-9/h4-6,11H,3,7,13H2,1-2H3. The molecule has 1 rings (SSSR count). The van der Waals surface area contributed by atoms with E-state index in [9.17, 15) is 4.39 Å². The van der Waals surface area contributed by atoms with E-state index in [0.29, 0.717) is 13.2 Å². The van der Waals surface area contributed by atoms with Gasteiger partial charge in [0.1, 0.15) is 5.82 Å². The van der Waals surface area contributed by atoms with Crippen molar-refractivity contribution in [1.82, 2.24) is 0 Å². The molecule has 1 aromatic carbocycles. The monoisotopic (exact) mass is 197 g/mol. The van der Waals surface area contributed by atoms with Gasteiger partial charge in [-0.3, -0.25) is 0 Å². The van der Waals surface area contributed by atoms with Gasteiger partial charge in [0.15, 0.2) is 0 Å². The minimum absolute atomic E-state index is 0.244. The first kappa shape index (κ1) is 11.1. The molecule has 2 N–H and O–H groups in total. The Morgan fingerprint density at radius 3 is 2.71 bits per heavy atom. The van der Waals surface area contributed by atoms with Gasteiger partial charge in [-0.2, -0.15) is 0 Å². The van der Waals surface area contributed by atoms with Crippen molar-refractivity contribution in [2.75, 3.05) is 13.2 Å². The van der Waals surface area contributed by atoms with Crippen LogP contribution in [0.15, 0.2) is 18.2 Å². The first-order valence-corrected chi connectivity index (χ1v) is 4.74. The van der Waals surface area contributed by atoms with E-state index in [-0.39, 0.29) is 11.9 Å². The summed E-state index contributed by atoms with van der Waals surface area (Å²) in [6, 6.07) is 4.57. The Bertz CT molecular complexity index is 281. The molecular weight excluding hydrogens is 181 g/mol. The van der Waals surface area contributed by atoms with E-state index in [4.69, 9.17) is 10.5 Å². The number of hydrogen-bond acceptors (Lipinski definition) is 2. The average molecular weight is 197 g/mol. The Hall–Kier alpha value is -0.930. The Morgan fingerprint density at radius 1 is 1.43 bits per heavy atom. The van der Waals surface area contributed by atoms with Gasteiger partial charge in [-0.15, -0.1) is 0 Å². The Morgan fingerprint density at radius 2 is 2.14 bits per heavy atom. The lowest BCUT2D eigenvalue weighted by molar-refractivity contribution is 0.133. The lowest BCUT2D eigenvalue weighted by Gasteiger charge is -2.12. The zero-order valence-corrected chi connectivity index (χ0v) is 8.59. The summed E-state index contributed by atoms with van der Waals surface area (Å²) < 4.78 is 18.2. The van der Waals surface area contributed by atoms with Crippen LogP contribution in [-0.4, -0.2) is 13.2 Å². The van der Waals surface area contributed by atoms with Gasteiger partial charge in [0.25, 0.3) is 0 Å². The molecule has 0 aliphatic carbocycles. The van der Waals surface area contributed by atoms with E-state index in [1.807, 2.05) is 19.9 Å². The Kier molecular flexibility index (Phi) is 4.04. The largest absolute Gasteiger partial charge is 0.380 e.